The largest absolute Gasteiger partial charge is 0.401 e. The first-order valence-electron chi connectivity index (χ1n) is 15.2. The van der Waals surface area contributed by atoms with E-state index in [9.17, 15) is 52.7 Å². The molecule has 258 valence electrons. The van der Waals surface area contributed by atoms with Crippen LogP contribution in [0.15, 0.2) is 60.7 Å². The zero-order valence-corrected chi connectivity index (χ0v) is 26.1. The molecule has 4 aliphatic carbocycles. The van der Waals surface area contributed by atoms with Gasteiger partial charge in [0.25, 0.3) is 0 Å². The maximum absolute atomic E-state index is 14.4. The van der Waals surface area contributed by atoms with Gasteiger partial charge in [0.2, 0.25) is 0 Å². The molecule has 4 atom stereocenters. The Balaban J connectivity index is 1.36. The monoisotopic (exact) mass is 690 g/mol. The summed E-state index contributed by atoms with van der Waals surface area (Å²) in [6.45, 7) is 3.34. The van der Waals surface area contributed by atoms with Gasteiger partial charge in [-0.05, 0) is 121 Å². The SMILES string of the molecule is CC1(C(F)(F)F)C=CC(C)(C(F)(F)F)c2cc3c(cc21)CC=C3CCC1=CCc2cc3c(cc21)C(C)(C(F)(F)F)C=CC3(C)C(F)(F)F. The summed E-state index contributed by atoms with van der Waals surface area (Å²) in [5.41, 5.74) is -9.92. The number of alkyl halides is 12. The summed E-state index contributed by atoms with van der Waals surface area (Å²) in [5, 5.41) is 0. The van der Waals surface area contributed by atoms with Crippen molar-refractivity contribution in [2.24, 2.45) is 0 Å². The smallest absolute Gasteiger partial charge is 0.170 e. The molecule has 4 unspecified atom stereocenters. The molecule has 2 aromatic carbocycles. The predicted molar refractivity (Wildman–Crippen MR) is 157 cm³/mol. The van der Waals surface area contributed by atoms with Crippen LogP contribution in [0.3, 0.4) is 0 Å². The van der Waals surface area contributed by atoms with Crippen molar-refractivity contribution >= 4 is 11.1 Å². The standard InChI is InChI=1S/C36H30F12/c1-29(33(37,38)39)11-13-31(3,35(43,44)45)27-17-23-19(7-9-21(23)15-25(27)29)5-6-20-8-10-22-16-26-28(18-24(20)22)32(4,36(46,47)48)14-12-30(26,2)34(40,41)42/h7-8,11-18H,5-6,9-10H2,1-4H3. The van der Waals surface area contributed by atoms with E-state index < -0.39 is 68.6 Å². The van der Waals surface area contributed by atoms with Gasteiger partial charge in [-0.15, -0.1) is 0 Å². The first kappa shape index (κ1) is 34.4. The average molecular weight is 691 g/mol. The molecule has 0 heterocycles. The first-order chi connectivity index (χ1) is 21.8. The molecule has 0 N–H and O–H groups in total. The molecule has 6 rings (SSSR count). The van der Waals surface area contributed by atoms with Gasteiger partial charge in [0, 0.05) is 0 Å². The molecular weight excluding hydrogens is 660 g/mol. The molecule has 12 heteroatoms. The number of benzene rings is 2. The molecular formula is C36H30F12. The summed E-state index contributed by atoms with van der Waals surface area (Å²) in [7, 11) is 0. The third kappa shape index (κ3) is 4.66. The van der Waals surface area contributed by atoms with Crippen LogP contribution in [-0.4, -0.2) is 24.7 Å². The minimum absolute atomic E-state index is 0.174. The Bertz CT molecular complexity index is 1690. The molecule has 2 aromatic rings. The fourth-order valence-electron chi connectivity index (χ4n) is 7.39. The van der Waals surface area contributed by atoms with E-state index in [0.29, 0.717) is 57.7 Å². The lowest BCUT2D eigenvalue weighted by Gasteiger charge is -2.42. The van der Waals surface area contributed by atoms with Crippen LogP contribution in [0.5, 0.6) is 0 Å². The van der Waals surface area contributed by atoms with E-state index in [1.54, 1.807) is 12.2 Å². The Morgan fingerprint density at radius 1 is 0.438 bits per heavy atom. The molecule has 0 aromatic heterocycles. The third-order valence-corrected chi connectivity index (χ3v) is 11.1. The highest BCUT2D eigenvalue weighted by molar-refractivity contribution is 5.80. The summed E-state index contributed by atoms with van der Waals surface area (Å²) in [6, 6.07) is 4.73. The molecule has 0 saturated carbocycles. The molecule has 0 bridgehead atoms. The second-order valence-electron chi connectivity index (χ2n) is 13.9. The van der Waals surface area contributed by atoms with Crippen LogP contribution in [0.4, 0.5) is 52.7 Å². The summed E-state index contributed by atoms with van der Waals surface area (Å²) in [5.74, 6) is 0. The van der Waals surface area contributed by atoms with Crippen LogP contribution >= 0.6 is 0 Å². The molecule has 0 spiro atoms. The number of hydrogen-bond donors (Lipinski definition) is 0. The van der Waals surface area contributed by atoms with E-state index >= 15 is 0 Å². The molecule has 0 amide bonds. The van der Waals surface area contributed by atoms with Gasteiger partial charge in [-0.1, -0.05) is 48.6 Å². The van der Waals surface area contributed by atoms with Gasteiger partial charge in [0.1, 0.15) is 21.7 Å². The van der Waals surface area contributed by atoms with Crippen molar-refractivity contribution in [3.63, 3.8) is 0 Å². The fourth-order valence-corrected chi connectivity index (χ4v) is 7.39. The quantitative estimate of drug-likeness (QED) is 0.222. The lowest BCUT2D eigenvalue weighted by molar-refractivity contribution is -0.184. The third-order valence-electron chi connectivity index (χ3n) is 11.1. The highest BCUT2D eigenvalue weighted by atomic mass is 19.4. The van der Waals surface area contributed by atoms with E-state index in [-0.39, 0.29) is 25.7 Å². The average Bonchev–Trinajstić information content (AvgIpc) is 3.55. The summed E-state index contributed by atoms with van der Waals surface area (Å²) in [4.78, 5) is 0. The predicted octanol–water partition coefficient (Wildman–Crippen LogP) is 11.5. The van der Waals surface area contributed by atoms with Crippen molar-refractivity contribution in [2.75, 3.05) is 0 Å². The summed E-state index contributed by atoms with van der Waals surface area (Å²) < 4.78 is 172. The number of hydrogen-bond acceptors (Lipinski definition) is 0. The Hall–Kier alpha value is -3.44. The topological polar surface area (TPSA) is 0 Å². The van der Waals surface area contributed by atoms with E-state index in [4.69, 9.17) is 0 Å². The number of fused-ring (bicyclic) bond motifs is 4. The van der Waals surface area contributed by atoms with Crippen molar-refractivity contribution in [3.8, 4) is 0 Å². The first-order valence-corrected chi connectivity index (χ1v) is 15.2. The van der Waals surface area contributed by atoms with Gasteiger partial charge >= 0.3 is 24.7 Å². The van der Waals surface area contributed by atoms with Gasteiger partial charge in [0.15, 0.2) is 0 Å². The zero-order chi connectivity index (χ0) is 35.7. The van der Waals surface area contributed by atoms with E-state index in [2.05, 4.69) is 0 Å². The van der Waals surface area contributed by atoms with Crippen molar-refractivity contribution in [1.29, 1.82) is 0 Å². The maximum atomic E-state index is 14.4. The molecule has 0 fully saturated rings. The van der Waals surface area contributed by atoms with Crippen molar-refractivity contribution in [3.05, 3.63) is 105 Å². The van der Waals surface area contributed by atoms with Crippen LogP contribution in [-0.2, 0) is 34.5 Å². The molecule has 48 heavy (non-hydrogen) atoms. The number of halogens is 12. The van der Waals surface area contributed by atoms with E-state index in [1.807, 2.05) is 0 Å². The normalized spacial score (nSPS) is 29.7. The Kier molecular flexibility index (Phi) is 7.21. The van der Waals surface area contributed by atoms with E-state index in [1.165, 1.54) is 24.3 Å². The van der Waals surface area contributed by atoms with Gasteiger partial charge in [0.05, 0.1) is 0 Å². The highest BCUT2D eigenvalue weighted by Crippen LogP contribution is 2.57. The molecule has 4 aliphatic rings. The Morgan fingerprint density at radius 2 is 0.688 bits per heavy atom. The van der Waals surface area contributed by atoms with Crippen LogP contribution in [0.2, 0.25) is 0 Å². The summed E-state index contributed by atoms with van der Waals surface area (Å²) >= 11 is 0. The van der Waals surface area contributed by atoms with Gasteiger partial charge in [-0.25, -0.2) is 0 Å². The van der Waals surface area contributed by atoms with Gasteiger partial charge in [-0.2, -0.15) is 52.7 Å². The van der Waals surface area contributed by atoms with Crippen molar-refractivity contribution in [2.45, 2.75) is 99.7 Å². The minimum Gasteiger partial charge on any atom is -0.170 e. The number of allylic oxidation sites excluding steroid dienone is 8. The van der Waals surface area contributed by atoms with Gasteiger partial charge in [-0.3, -0.25) is 0 Å². The second-order valence-corrected chi connectivity index (χ2v) is 13.9. The van der Waals surface area contributed by atoms with E-state index in [0.717, 1.165) is 27.7 Å². The fraction of sp³-hybridized carbons (Fsp3) is 0.444. The number of rotatable bonds is 3. The zero-order valence-electron chi connectivity index (χ0n) is 26.1. The Labute approximate surface area is 268 Å². The maximum Gasteiger partial charge on any atom is 0.401 e. The molecule has 0 nitrogen and oxygen atoms in total. The van der Waals surface area contributed by atoms with Crippen LogP contribution in [0, 0.1) is 0 Å². The highest BCUT2D eigenvalue weighted by Gasteiger charge is 2.62. The lowest BCUT2D eigenvalue weighted by Crippen LogP contribution is -2.48. The van der Waals surface area contributed by atoms with Crippen LogP contribution in [0.25, 0.3) is 11.1 Å². The van der Waals surface area contributed by atoms with Crippen molar-refractivity contribution < 1.29 is 52.7 Å². The Morgan fingerprint density at radius 3 is 0.938 bits per heavy atom. The van der Waals surface area contributed by atoms with Crippen molar-refractivity contribution in [1.82, 2.24) is 0 Å². The van der Waals surface area contributed by atoms with Crippen LogP contribution < -0.4 is 0 Å². The second kappa shape index (κ2) is 10.1. The molecule has 0 aliphatic heterocycles. The van der Waals surface area contributed by atoms with Crippen LogP contribution in [0.1, 0.15) is 85.0 Å². The minimum atomic E-state index is -4.90. The lowest BCUT2D eigenvalue weighted by atomic mass is 9.64. The summed E-state index contributed by atoms with van der Waals surface area (Å²) in [6.07, 6.45) is -13.1. The molecule has 0 radical (unpaired) electrons. The van der Waals surface area contributed by atoms with Gasteiger partial charge < -0.3 is 0 Å². The molecule has 0 saturated heterocycles.